The van der Waals surface area contributed by atoms with Gasteiger partial charge in [0.05, 0.1) is 26.2 Å². The van der Waals surface area contributed by atoms with Gasteiger partial charge in [0.2, 0.25) is 0 Å². The van der Waals surface area contributed by atoms with Gasteiger partial charge in [0, 0.05) is 13.1 Å². The predicted molar refractivity (Wildman–Crippen MR) is 87.2 cm³/mol. The van der Waals surface area contributed by atoms with Crippen LogP contribution in [-0.4, -0.2) is 163 Å². The van der Waals surface area contributed by atoms with Crippen molar-refractivity contribution in [1.29, 1.82) is 0 Å². The van der Waals surface area contributed by atoms with E-state index in [9.17, 15) is 19.2 Å². The van der Waals surface area contributed by atoms with Crippen molar-refractivity contribution >= 4 is 83.0 Å². The van der Waals surface area contributed by atoms with Crippen LogP contribution in [0, 0.1) is 0 Å². The number of hydrogen-bond donors (Lipinski definition) is 4. The van der Waals surface area contributed by atoms with E-state index in [0.29, 0.717) is 0 Å². The molecule has 0 aliphatic rings. The predicted octanol–water partition coefficient (Wildman–Crippen LogP) is -4.79. The van der Waals surface area contributed by atoms with Crippen molar-refractivity contribution in [1.82, 2.24) is 9.80 Å². The van der Waals surface area contributed by atoms with Crippen LogP contribution in [0.5, 0.6) is 0 Å². The molecular formula is C10H24N2Na2O10+2. The van der Waals surface area contributed by atoms with E-state index in [1.807, 2.05) is 0 Å². The van der Waals surface area contributed by atoms with Crippen LogP contribution in [-0.2, 0) is 19.2 Å². The maximum absolute atomic E-state index is 10.6. The Morgan fingerprint density at radius 3 is 0.875 bits per heavy atom. The Hall–Kier alpha value is -0.280. The molecule has 0 fully saturated rings. The van der Waals surface area contributed by atoms with Crippen LogP contribution in [0.4, 0.5) is 0 Å². The SMILES string of the molecule is O.O.O=C(O)CN(CCN(CC(=O)O)CC(=O)O)CC(=O)O.[H+].[H+].[NaH].[NaH]. The summed E-state index contributed by atoms with van der Waals surface area (Å²) in [6, 6.07) is 0. The molecule has 0 aromatic heterocycles. The van der Waals surface area contributed by atoms with Gasteiger partial charge in [-0.1, -0.05) is 0 Å². The third-order valence-corrected chi connectivity index (χ3v) is 2.17. The molecule has 24 heavy (non-hydrogen) atoms. The molecule has 0 bridgehead atoms. The van der Waals surface area contributed by atoms with E-state index in [4.69, 9.17) is 20.4 Å². The van der Waals surface area contributed by atoms with Gasteiger partial charge in [-0.15, -0.1) is 0 Å². The zero-order chi connectivity index (χ0) is 15.7. The Balaban J connectivity index is -0.000000120. The van der Waals surface area contributed by atoms with Gasteiger partial charge in [-0.05, 0) is 0 Å². The Bertz CT molecular complexity index is 338. The Kier molecular flexibility index (Phi) is 27.7. The summed E-state index contributed by atoms with van der Waals surface area (Å²) in [6.45, 7) is -2.25. The molecule has 8 N–H and O–H groups in total. The number of hydrogen-bond acceptors (Lipinski definition) is 6. The van der Waals surface area contributed by atoms with Crippen molar-refractivity contribution in [3.8, 4) is 0 Å². The number of aliphatic carboxylic acids is 4. The molecule has 0 saturated heterocycles. The number of carbonyl (C=O) groups is 4. The van der Waals surface area contributed by atoms with Crippen molar-refractivity contribution in [3.05, 3.63) is 0 Å². The van der Waals surface area contributed by atoms with E-state index in [2.05, 4.69) is 0 Å². The van der Waals surface area contributed by atoms with Gasteiger partial charge in [-0.2, -0.15) is 0 Å². The first-order valence-electron chi connectivity index (χ1n) is 5.52. The van der Waals surface area contributed by atoms with Crippen LogP contribution < -0.4 is 0 Å². The van der Waals surface area contributed by atoms with E-state index >= 15 is 0 Å². The summed E-state index contributed by atoms with van der Waals surface area (Å²) in [5.74, 6) is -4.91. The molecule has 0 aromatic rings. The quantitative estimate of drug-likeness (QED) is 0.251. The normalized spacial score (nSPS) is 8.92. The summed E-state index contributed by atoms with van der Waals surface area (Å²) < 4.78 is 0. The summed E-state index contributed by atoms with van der Waals surface area (Å²) in [6.07, 6.45) is 0. The van der Waals surface area contributed by atoms with Crippen molar-refractivity contribution in [2.45, 2.75) is 0 Å². The third kappa shape index (κ3) is 21.7. The van der Waals surface area contributed by atoms with E-state index in [0.717, 1.165) is 9.80 Å². The first-order valence-corrected chi connectivity index (χ1v) is 5.52. The fourth-order valence-electron chi connectivity index (χ4n) is 1.48. The number of nitrogens with zero attached hydrogens (tertiary/aromatic N) is 2. The zero-order valence-corrected chi connectivity index (χ0v) is 11.6. The molecule has 12 nitrogen and oxygen atoms in total. The summed E-state index contributed by atoms with van der Waals surface area (Å²) in [5, 5.41) is 34.5. The first kappa shape index (κ1) is 34.9. The molecular weight excluding hydrogens is 354 g/mol. The van der Waals surface area contributed by atoms with Gasteiger partial charge in [0.15, 0.2) is 0 Å². The Morgan fingerprint density at radius 2 is 0.750 bits per heavy atom. The Labute approximate surface area is 184 Å². The summed E-state index contributed by atoms with van der Waals surface area (Å²) in [7, 11) is 0. The molecule has 0 radical (unpaired) electrons. The topological polar surface area (TPSA) is 219 Å². The summed E-state index contributed by atoms with van der Waals surface area (Å²) >= 11 is 0. The monoisotopic (exact) mass is 378 g/mol. The second-order valence-corrected chi connectivity index (χ2v) is 4.00. The summed E-state index contributed by atoms with van der Waals surface area (Å²) in [4.78, 5) is 44.4. The van der Waals surface area contributed by atoms with Crippen molar-refractivity contribution in [2.75, 3.05) is 39.3 Å². The fraction of sp³-hybridized carbons (Fsp3) is 0.600. The number of carboxylic acid groups (broad SMARTS) is 4. The van der Waals surface area contributed by atoms with Crippen LogP contribution in [0.3, 0.4) is 0 Å². The molecule has 0 aliphatic carbocycles. The van der Waals surface area contributed by atoms with Crippen LogP contribution in [0.25, 0.3) is 0 Å². The molecule has 0 spiro atoms. The minimum absolute atomic E-state index is 0. The second kappa shape index (κ2) is 19.1. The summed E-state index contributed by atoms with van der Waals surface area (Å²) in [5.41, 5.74) is 0. The molecule has 0 amide bonds. The van der Waals surface area contributed by atoms with Crippen LogP contribution in [0.1, 0.15) is 2.85 Å². The van der Waals surface area contributed by atoms with E-state index < -0.39 is 50.1 Å². The van der Waals surface area contributed by atoms with Crippen LogP contribution in [0.2, 0.25) is 0 Å². The molecule has 0 unspecified atom stereocenters. The standard InChI is InChI=1S/C10H16N2O8.2Na.2H2O.2H/c13-7(14)3-11(4-8(15)16)1-2-12(5-9(17)18)6-10(19)20;;;;;;/h1-6H2,(H,13,14)(H,15,16)(H,17,18)(H,19,20);;;2*1H2;;/p+2. The fourth-order valence-corrected chi connectivity index (χ4v) is 1.48. The van der Waals surface area contributed by atoms with E-state index in [-0.39, 0.29) is 86.0 Å². The number of rotatable bonds is 11. The maximum atomic E-state index is 10.6. The molecule has 0 heterocycles. The van der Waals surface area contributed by atoms with Crippen molar-refractivity contribution < 1.29 is 53.4 Å². The van der Waals surface area contributed by atoms with Crippen LogP contribution in [0.15, 0.2) is 0 Å². The van der Waals surface area contributed by atoms with E-state index in [1.165, 1.54) is 0 Å². The third-order valence-electron chi connectivity index (χ3n) is 2.17. The van der Waals surface area contributed by atoms with Gasteiger partial charge < -0.3 is 31.4 Å². The zero-order valence-electron chi connectivity index (χ0n) is 13.6. The van der Waals surface area contributed by atoms with Crippen molar-refractivity contribution in [2.24, 2.45) is 0 Å². The average molecular weight is 378 g/mol. The molecule has 0 rings (SSSR count). The van der Waals surface area contributed by atoms with Gasteiger partial charge in [-0.25, -0.2) is 0 Å². The molecule has 0 aromatic carbocycles. The first-order chi connectivity index (χ1) is 9.20. The molecule has 0 atom stereocenters. The molecule has 0 saturated carbocycles. The number of carboxylic acids is 4. The van der Waals surface area contributed by atoms with Gasteiger partial charge >= 0.3 is 85.8 Å². The minimum atomic E-state index is -1.23. The average Bonchev–Trinajstić information content (AvgIpc) is 2.22. The van der Waals surface area contributed by atoms with Gasteiger partial charge in [0.25, 0.3) is 0 Å². The molecule has 14 heteroatoms. The van der Waals surface area contributed by atoms with Gasteiger partial charge in [-0.3, -0.25) is 29.0 Å². The van der Waals surface area contributed by atoms with E-state index in [1.54, 1.807) is 0 Å². The van der Waals surface area contributed by atoms with Crippen molar-refractivity contribution in [3.63, 3.8) is 0 Å². The second-order valence-electron chi connectivity index (χ2n) is 4.00. The molecule has 0 aliphatic heterocycles. The van der Waals surface area contributed by atoms with Gasteiger partial charge in [0.1, 0.15) is 0 Å². The molecule has 134 valence electrons. The van der Waals surface area contributed by atoms with Crippen LogP contribution >= 0.6 is 0 Å². The Morgan fingerprint density at radius 1 is 0.583 bits per heavy atom.